The molecule has 31 heavy (non-hydrogen) atoms. The van der Waals surface area contributed by atoms with Crippen LogP contribution in [0.3, 0.4) is 0 Å². The van der Waals surface area contributed by atoms with Gasteiger partial charge in [0.05, 0.1) is 13.2 Å². The topological polar surface area (TPSA) is 76.7 Å². The van der Waals surface area contributed by atoms with Crippen LogP contribution < -0.4 is 20.1 Å². The minimum Gasteiger partial charge on any atom is -0.490 e. The Labute approximate surface area is 185 Å². The predicted octanol–water partition coefficient (Wildman–Crippen LogP) is 3.91. The molecule has 6 nitrogen and oxygen atoms in total. The number of rotatable bonds is 11. The van der Waals surface area contributed by atoms with Gasteiger partial charge >= 0.3 is 0 Å². The van der Waals surface area contributed by atoms with Gasteiger partial charge in [-0.25, -0.2) is 0 Å². The standard InChI is InChI=1S/C25H34N2O4/c1-6-30-21-13-10-19(16-22(21)31-7-2)14-15-26-25(29)23(17(3)4)27-24(28)20-11-8-18(5)9-12-20/h8-13,16-17,23H,6-7,14-15H2,1-5H3,(H,26,29)(H,27,28)/t23-/m0/s1. The highest BCUT2D eigenvalue weighted by Gasteiger charge is 2.24. The number of carbonyl (C=O) groups excluding carboxylic acids is 2. The van der Waals surface area contributed by atoms with Crippen LogP contribution >= 0.6 is 0 Å². The first-order valence-corrected chi connectivity index (χ1v) is 10.9. The van der Waals surface area contributed by atoms with Crippen molar-refractivity contribution in [2.45, 2.75) is 47.1 Å². The molecule has 0 aromatic heterocycles. The highest BCUT2D eigenvalue weighted by molar-refractivity contribution is 5.97. The second-order valence-electron chi connectivity index (χ2n) is 7.75. The second kappa shape index (κ2) is 12.0. The number of amides is 2. The third-order valence-electron chi connectivity index (χ3n) is 4.87. The maximum Gasteiger partial charge on any atom is 0.251 e. The second-order valence-corrected chi connectivity index (χ2v) is 7.75. The highest BCUT2D eigenvalue weighted by atomic mass is 16.5. The van der Waals surface area contributed by atoms with E-state index in [0.717, 1.165) is 16.9 Å². The molecule has 168 valence electrons. The van der Waals surface area contributed by atoms with Crippen molar-refractivity contribution in [3.63, 3.8) is 0 Å². The van der Waals surface area contributed by atoms with E-state index in [0.29, 0.717) is 37.5 Å². The summed E-state index contributed by atoms with van der Waals surface area (Å²) in [6.07, 6.45) is 0.648. The summed E-state index contributed by atoms with van der Waals surface area (Å²) in [7, 11) is 0. The Hall–Kier alpha value is -3.02. The van der Waals surface area contributed by atoms with Crippen molar-refractivity contribution in [2.75, 3.05) is 19.8 Å². The molecular formula is C25H34N2O4. The summed E-state index contributed by atoms with van der Waals surface area (Å²) in [6, 6.07) is 12.5. The van der Waals surface area contributed by atoms with Crippen LogP contribution in [-0.4, -0.2) is 37.6 Å². The maximum atomic E-state index is 12.7. The molecular weight excluding hydrogens is 392 g/mol. The van der Waals surface area contributed by atoms with Crippen molar-refractivity contribution >= 4 is 11.8 Å². The molecule has 0 aliphatic carbocycles. The molecule has 1 atom stereocenters. The van der Waals surface area contributed by atoms with Gasteiger partial charge in [0.15, 0.2) is 11.5 Å². The molecule has 0 unspecified atom stereocenters. The number of aryl methyl sites for hydroxylation is 1. The van der Waals surface area contributed by atoms with Gasteiger partial charge in [-0.15, -0.1) is 0 Å². The average molecular weight is 427 g/mol. The van der Waals surface area contributed by atoms with Gasteiger partial charge in [-0.05, 0) is 62.9 Å². The van der Waals surface area contributed by atoms with Crippen LogP contribution in [-0.2, 0) is 11.2 Å². The van der Waals surface area contributed by atoms with E-state index in [9.17, 15) is 9.59 Å². The Bertz CT molecular complexity index is 862. The quantitative estimate of drug-likeness (QED) is 0.571. The van der Waals surface area contributed by atoms with Gasteiger partial charge in [0.2, 0.25) is 5.91 Å². The van der Waals surface area contributed by atoms with Crippen LogP contribution in [0.15, 0.2) is 42.5 Å². The van der Waals surface area contributed by atoms with Gasteiger partial charge in [-0.1, -0.05) is 37.6 Å². The fraction of sp³-hybridized carbons (Fsp3) is 0.440. The number of hydrogen-bond donors (Lipinski definition) is 2. The lowest BCUT2D eigenvalue weighted by atomic mass is 10.0. The number of ether oxygens (including phenoxy) is 2. The number of hydrogen-bond acceptors (Lipinski definition) is 4. The van der Waals surface area contributed by atoms with Crippen molar-refractivity contribution in [3.05, 3.63) is 59.2 Å². The molecule has 0 heterocycles. The van der Waals surface area contributed by atoms with Gasteiger partial charge in [0, 0.05) is 12.1 Å². The minimum atomic E-state index is -0.604. The lowest BCUT2D eigenvalue weighted by molar-refractivity contribution is -0.123. The molecule has 0 bridgehead atoms. The molecule has 2 aromatic rings. The Morgan fingerprint density at radius 1 is 0.935 bits per heavy atom. The van der Waals surface area contributed by atoms with Crippen molar-refractivity contribution in [1.82, 2.24) is 10.6 Å². The third-order valence-corrected chi connectivity index (χ3v) is 4.87. The van der Waals surface area contributed by atoms with Crippen molar-refractivity contribution in [3.8, 4) is 11.5 Å². The number of benzene rings is 2. The van der Waals surface area contributed by atoms with Crippen LogP contribution in [0.4, 0.5) is 0 Å². The molecule has 0 spiro atoms. The number of carbonyl (C=O) groups is 2. The normalized spacial score (nSPS) is 11.7. The van der Waals surface area contributed by atoms with Crippen molar-refractivity contribution < 1.29 is 19.1 Å². The van der Waals surface area contributed by atoms with Crippen LogP contribution in [0.25, 0.3) is 0 Å². The van der Waals surface area contributed by atoms with E-state index in [1.807, 2.05) is 65.0 Å². The molecule has 2 amide bonds. The monoisotopic (exact) mass is 426 g/mol. The molecule has 2 rings (SSSR count). The Morgan fingerprint density at radius 2 is 1.58 bits per heavy atom. The summed E-state index contributed by atoms with van der Waals surface area (Å²) in [4.78, 5) is 25.3. The molecule has 0 radical (unpaired) electrons. The molecule has 2 N–H and O–H groups in total. The van der Waals surface area contributed by atoms with Gasteiger partial charge in [-0.3, -0.25) is 9.59 Å². The largest absolute Gasteiger partial charge is 0.490 e. The van der Waals surface area contributed by atoms with Gasteiger partial charge in [0.1, 0.15) is 6.04 Å². The van der Waals surface area contributed by atoms with Crippen molar-refractivity contribution in [2.24, 2.45) is 5.92 Å². The highest BCUT2D eigenvalue weighted by Crippen LogP contribution is 2.28. The summed E-state index contributed by atoms with van der Waals surface area (Å²) < 4.78 is 11.3. The predicted molar refractivity (Wildman–Crippen MR) is 123 cm³/mol. The fourth-order valence-electron chi connectivity index (χ4n) is 3.16. The van der Waals surface area contributed by atoms with E-state index in [2.05, 4.69) is 10.6 Å². The first-order valence-electron chi connectivity index (χ1n) is 10.9. The van der Waals surface area contributed by atoms with E-state index < -0.39 is 6.04 Å². The molecule has 0 aliphatic rings. The average Bonchev–Trinajstić information content (AvgIpc) is 2.74. The zero-order chi connectivity index (χ0) is 22.8. The zero-order valence-corrected chi connectivity index (χ0v) is 19.2. The van der Waals surface area contributed by atoms with Crippen molar-refractivity contribution in [1.29, 1.82) is 0 Å². The summed E-state index contributed by atoms with van der Waals surface area (Å²) in [5, 5.41) is 5.80. The molecule has 6 heteroatoms. The molecule has 0 aliphatic heterocycles. The Kier molecular flexibility index (Phi) is 9.38. The molecule has 0 saturated carbocycles. The fourth-order valence-corrected chi connectivity index (χ4v) is 3.16. The van der Waals surface area contributed by atoms with Crippen LogP contribution in [0.2, 0.25) is 0 Å². The van der Waals surface area contributed by atoms with Gasteiger partial charge in [-0.2, -0.15) is 0 Å². The summed E-state index contributed by atoms with van der Waals surface area (Å²) in [5.41, 5.74) is 2.66. The van der Waals surface area contributed by atoms with E-state index in [1.165, 1.54) is 0 Å². The Morgan fingerprint density at radius 3 is 2.19 bits per heavy atom. The lowest BCUT2D eigenvalue weighted by Gasteiger charge is -2.22. The summed E-state index contributed by atoms with van der Waals surface area (Å²) in [5.74, 6) is 0.951. The lowest BCUT2D eigenvalue weighted by Crippen LogP contribution is -2.50. The maximum absolute atomic E-state index is 12.7. The molecule has 0 saturated heterocycles. The first-order chi connectivity index (χ1) is 14.8. The summed E-state index contributed by atoms with van der Waals surface area (Å²) in [6.45, 7) is 11.2. The van der Waals surface area contributed by atoms with Gasteiger partial charge in [0.25, 0.3) is 5.91 Å². The smallest absolute Gasteiger partial charge is 0.251 e. The SMILES string of the molecule is CCOc1ccc(CCNC(=O)[C@@H](NC(=O)c2ccc(C)cc2)C(C)C)cc1OCC. The van der Waals surface area contributed by atoms with Gasteiger partial charge < -0.3 is 20.1 Å². The summed E-state index contributed by atoms with van der Waals surface area (Å²) >= 11 is 0. The van der Waals surface area contributed by atoms with Crippen LogP contribution in [0, 0.1) is 12.8 Å². The van der Waals surface area contributed by atoms with E-state index in [4.69, 9.17) is 9.47 Å². The van der Waals surface area contributed by atoms with Crippen LogP contribution in [0.5, 0.6) is 11.5 Å². The van der Waals surface area contributed by atoms with E-state index in [1.54, 1.807) is 12.1 Å². The van der Waals surface area contributed by atoms with E-state index >= 15 is 0 Å². The Balaban J connectivity index is 1.95. The molecule has 0 fully saturated rings. The molecule has 2 aromatic carbocycles. The first kappa shape index (κ1) is 24.3. The van der Waals surface area contributed by atoms with E-state index in [-0.39, 0.29) is 17.7 Å². The number of nitrogens with one attached hydrogen (secondary N) is 2. The van der Waals surface area contributed by atoms with Crippen LogP contribution in [0.1, 0.15) is 49.2 Å². The minimum absolute atomic E-state index is 0.0376. The third kappa shape index (κ3) is 7.31. The zero-order valence-electron chi connectivity index (χ0n) is 19.2.